The summed E-state index contributed by atoms with van der Waals surface area (Å²) in [6.07, 6.45) is 1.89. The highest BCUT2D eigenvalue weighted by Gasteiger charge is 2.27. The van der Waals surface area contributed by atoms with Gasteiger partial charge in [0.2, 0.25) is 0 Å². The lowest BCUT2D eigenvalue weighted by molar-refractivity contribution is 0.0920. The summed E-state index contributed by atoms with van der Waals surface area (Å²) < 4.78 is 11.7. The first-order chi connectivity index (χ1) is 16.0. The van der Waals surface area contributed by atoms with Crippen molar-refractivity contribution in [1.29, 1.82) is 0 Å². The van der Waals surface area contributed by atoms with Crippen molar-refractivity contribution < 1.29 is 14.3 Å². The van der Waals surface area contributed by atoms with Crippen LogP contribution in [0.1, 0.15) is 34.3 Å². The molecule has 0 saturated carbocycles. The molecule has 0 aliphatic carbocycles. The number of thiophene rings is 1. The van der Waals surface area contributed by atoms with Gasteiger partial charge in [-0.05, 0) is 50.5 Å². The number of nitrogens with zero attached hydrogens (tertiary/aromatic N) is 2. The van der Waals surface area contributed by atoms with Crippen molar-refractivity contribution in [2.45, 2.75) is 32.7 Å². The van der Waals surface area contributed by atoms with Gasteiger partial charge < -0.3 is 25.4 Å². The van der Waals surface area contributed by atoms with Crippen molar-refractivity contribution >= 4 is 38.8 Å². The van der Waals surface area contributed by atoms with Crippen molar-refractivity contribution in [2.24, 2.45) is 5.92 Å². The number of carbonyl (C=O) groups excluding carboxylic acids is 1. The molecule has 1 aromatic carbocycles. The third-order valence-electron chi connectivity index (χ3n) is 6.44. The zero-order chi connectivity index (χ0) is 22.9. The Morgan fingerprint density at radius 1 is 1.36 bits per heavy atom. The van der Waals surface area contributed by atoms with Gasteiger partial charge in [0, 0.05) is 48.4 Å². The lowest BCUT2D eigenvalue weighted by atomic mass is 10.0. The monoisotopic (exact) mass is 466 g/mol. The smallest absolute Gasteiger partial charge is 0.263 e. The molecule has 1 amide bonds. The van der Waals surface area contributed by atoms with Crippen LogP contribution in [-0.4, -0.2) is 49.8 Å². The van der Waals surface area contributed by atoms with Crippen molar-refractivity contribution in [1.82, 2.24) is 10.3 Å². The summed E-state index contributed by atoms with van der Waals surface area (Å²) in [4.78, 5) is 21.2. The minimum absolute atomic E-state index is 0.0995. The van der Waals surface area contributed by atoms with Gasteiger partial charge in [0.15, 0.2) is 0 Å². The summed E-state index contributed by atoms with van der Waals surface area (Å²) in [5, 5.41) is 3.93. The summed E-state index contributed by atoms with van der Waals surface area (Å²) in [6, 6.07) is 10.2. The number of ether oxygens (including phenoxy) is 2. The number of hydrogen-bond donors (Lipinski definition) is 2. The van der Waals surface area contributed by atoms with Gasteiger partial charge in [-0.3, -0.25) is 4.79 Å². The Labute approximate surface area is 197 Å². The fourth-order valence-corrected chi connectivity index (χ4v) is 5.69. The van der Waals surface area contributed by atoms with Crippen LogP contribution in [0.15, 0.2) is 30.3 Å². The average molecular weight is 467 g/mol. The highest BCUT2D eigenvalue weighted by atomic mass is 32.1. The number of anilines is 2. The van der Waals surface area contributed by atoms with Crippen molar-refractivity contribution in [3.8, 4) is 5.75 Å². The van der Waals surface area contributed by atoms with E-state index in [4.69, 9.17) is 15.2 Å². The Balaban J connectivity index is 1.24. The molecule has 0 radical (unpaired) electrons. The molecule has 174 valence electrons. The van der Waals surface area contributed by atoms with Crippen LogP contribution in [0.3, 0.4) is 0 Å². The molecule has 1 saturated heterocycles. The van der Waals surface area contributed by atoms with Gasteiger partial charge >= 0.3 is 0 Å². The summed E-state index contributed by atoms with van der Waals surface area (Å²) in [5.74, 6) is 1.33. The predicted molar refractivity (Wildman–Crippen MR) is 132 cm³/mol. The molecule has 2 atom stereocenters. The van der Waals surface area contributed by atoms with Gasteiger partial charge in [0.25, 0.3) is 5.91 Å². The second-order valence-corrected chi connectivity index (χ2v) is 9.89. The number of benzene rings is 1. The van der Waals surface area contributed by atoms with E-state index in [9.17, 15) is 4.79 Å². The van der Waals surface area contributed by atoms with Gasteiger partial charge in [-0.2, -0.15) is 0 Å². The number of nitrogens with two attached hydrogens (primary N) is 1. The molecule has 3 aromatic rings. The number of fused-ring (bicyclic) bond motifs is 2. The van der Waals surface area contributed by atoms with E-state index in [0.717, 1.165) is 66.4 Å². The Morgan fingerprint density at radius 2 is 2.24 bits per heavy atom. The molecular formula is C25H30N4O3S. The largest absolute Gasteiger partial charge is 0.491 e. The van der Waals surface area contributed by atoms with E-state index in [2.05, 4.69) is 33.4 Å². The number of amides is 1. The minimum atomic E-state index is -0.167. The van der Waals surface area contributed by atoms with E-state index in [1.807, 2.05) is 26.0 Å². The molecule has 0 bridgehead atoms. The van der Waals surface area contributed by atoms with E-state index in [1.165, 1.54) is 17.0 Å². The number of aromatic nitrogens is 1. The number of nitrogen functional groups attached to an aromatic ring is 1. The van der Waals surface area contributed by atoms with Crippen molar-refractivity contribution in [3.05, 3.63) is 46.5 Å². The lowest BCUT2D eigenvalue weighted by Crippen LogP contribution is -2.42. The second-order valence-electron chi connectivity index (χ2n) is 8.89. The molecule has 5 rings (SSSR count). The van der Waals surface area contributed by atoms with E-state index < -0.39 is 0 Å². The first-order valence-electron chi connectivity index (χ1n) is 11.6. The van der Waals surface area contributed by atoms with Crippen molar-refractivity contribution in [2.75, 3.05) is 43.5 Å². The maximum Gasteiger partial charge on any atom is 0.263 e. The Kier molecular flexibility index (Phi) is 6.12. The molecule has 0 unspecified atom stereocenters. The number of rotatable bonds is 6. The predicted octanol–water partition coefficient (Wildman–Crippen LogP) is 3.78. The van der Waals surface area contributed by atoms with Gasteiger partial charge in [-0.25, -0.2) is 4.98 Å². The summed E-state index contributed by atoms with van der Waals surface area (Å²) in [7, 11) is 0. The lowest BCUT2D eigenvalue weighted by Gasteiger charge is -2.28. The molecular weight excluding hydrogens is 436 g/mol. The third-order valence-corrected chi connectivity index (χ3v) is 7.55. The number of carbonyl (C=O) groups is 1. The topological polar surface area (TPSA) is 89.7 Å². The Morgan fingerprint density at radius 3 is 3.09 bits per heavy atom. The van der Waals surface area contributed by atoms with E-state index in [1.54, 1.807) is 0 Å². The van der Waals surface area contributed by atoms with Crippen LogP contribution in [0.25, 0.3) is 10.2 Å². The molecule has 2 aliphatic rings. The first-order valence-corrected chi connectivity index (χ1v) is 12.4. The van der Waals surface area contributed by atoms with Crippen LogP contribution < -0.4 is 20.7 Å². The zero-order valence-corrected chi connectivity index (χ0v) is 19.9. The second kappa shape index (κ2) is 9.19. The fourth-order valence-electron chi connectivity index (χ4n) is 4.65. The Hall–Kier alpha value is -2.84. The van der Waals surface area contributed by atoms with Gasteiger partial charge in [-0.15, -0.1) is 11.3 Å². The third kappa shape index (κ3) is 4.50. The standard InChI is InChI=1S/C25H30N4O3S/c1-3-31-13-16-8-9-29(12-16)19-6-5-17-10-18(14-32-21(17)11-19)28-24(30)23-22(26)20-7-4-15(2)27-25(20)33-23/h4-7,11,16,18H,3,8-10,12-14,26H2,1-2H3,(H,28,30)/t16-,18-/m1/s1. The molecule has 4 heterocycles. The molecule has 2 aliphatic heterocycles. The number of nitrogens with one attached hydrogen (secondary N) is 1. The summed E-state index contributed by atoms with van der Waals surface area (Å²) in [5.41, 5.74) is 9.96. The van der Waals surface area contributed by atoms with Crippen LogP contribution >= 0.6 is 11.3 Å². The Bertz CT molecular complexity index is 1180. The molecule has 3 N–H and O–H groups in total. The molecule has 8 heteroatoms. The number of hydrogen-bond acceptors (Lipinski definition) is 7. The highest BCUT2D eigenvalue weighted by molar-refractivity contribution is 7.21. The zero-order valence-electron chi connectivity index (χ0n) is 19.1. The normalized spacial score (nSPS) is 20.0. The van der Waals surface area contributed by atoms with E-state index in [-0.39, 0.29) is 11.9 Å². The molecule has 2 aromatic heterocycles. The number of pyridine rings is 1. The van der Waals surface area contributed by atoms with Crippen LogP contribution in [0.2, 0.25) is 0 Å². The first kappa shape index (κ1) is 22.0. The summed E-state index contributed by atoms with van der Waals surface area (Å²) in [6.45, 7) is 8.07. The van der Waals surface area contributed by atoms with Gasteiger partial charge in [0.1, 0.15) is 22.1 Å². The van der Waals surface area contributed by atoms with E-state index in [0.29, 0.717) is 23.1 Å². The van der Waals surface area contributed by atoms with Crippen LogP contribution in [0, 0.1) is 12.8 Å². The highest BCUT2D eigenvalue weighted by Crippen LogP contribution is 2.34. The maximum atomic E-state index is 13.0. The van der Waals surface area contributed by atoms with Crippen LogP contribution in [0.5, 0.6) is 5.75 Å². The number of aryl methyl sites for hydroxylation is 1. The summed E-state index contributed by atoms with van der Waals surface area (Å²) >= 11 is 1.34. The van der Waals surface area contributed by atoms with Crippen molar-refractivity contribution in [3.63, 3.8) is 0 Å². The average Bonchev–Trinajstić information content (AvgIpc) is 3.42. The van der Waals surface area contributed by atoms with Crippen LogP contribution in [0.4, 0.5) is 11.4 Å². The molecule has 7 nitrogen and oxygen atoms in total. The molecule has 33 heavy (non-hydrogen) atoms. The minimum Gasteiger partial charge on any atom is -0.491 e. The fraction of sp³-hybridized carbons (Fsp3) is 0.440. The van der Waals surface area contributed by atoms with Gasteiger partial charge in [0.05, 0.1) is 18.3 Å². The van der Waals surface area contributed by atoms with E-state index >= 15 is 0 Å². The quantitative estimate of drug-likeness (QED) is 0.575. The SMILES string of the molecule is CCOC[C@@H]1CCN(c2ccc3c(c2)OC[C@H](NC(=O)c2sc4nc(C)ccc4c2N)C3)C1. The van der Waals surface area contributed by atoms with Gasteiger partial charge in [-0.1, -0.05) is 6.07 Å². The maximum absolute atomic E-state index is 13.0. The van der Waals surface area contributed by atoms with Crippen LogP contribution in [-0.2, 0) is 11.2 Å². The molecule has 1 fully saturated rings. The molecule has 0 spiro atoms.